The zero-order valence-electron chi connectivity index (χ0n) is 25.1. The lowest BCUT2D eigenvalue weighted by atomic mass is 9.93. The molecule has 1 aliphatic carbocycles. The molecule has 0 bridgehead atoms. The molecule has 0 N–H and O–H groups in total. The standard InChI is InChI=1S/C44H28N2/c1-3-10-32(11-4-1)41-28-45-43(44(46-41)33-12-5-2-6-13-33)34-24-20-30(21-25-34)29-18-22-31(23-19-29)35-26-27-40-37-15-8-7-14-36(37)39-17-9-16-38(35)42(39)40/h1-28H. The number of fused-ring (bicyclic) bond motifs is 3. The molecule has 2 nitrogen and oxygen atoms in total. The minimum atomic E-state index is 0.865. The molecule has 7 aromatic carbocycles. The monoisotopic (exact) mass is 584 g/mol. The smallest absolute Gasteiger partial charge is 0.0972 e. The third-order valence-corrected chi connectivity index (χ3v) is 9.12. The molecule has 46 heavy (non-hydrogen) atoms. The van der Waals surface area contributed by atoms with E-state index in [1.807, 2.05) is 42.6 Å². The van der Waals surface area contributed by atoms with Gasteiger partial charge in [-0.15, -0.1) is 0 Å². The third kappa shape index (κ3) is 4.35. The Morgan fingerprint density at radius 3 is 1.48 bits per heavy atom. The normalized spacial score (nSPS) is 11.5. The van der Waals surface area contributed by atoms with Crippen LogP contribution in [0.4, 0.5) is 0 Å². The Morgan fingerprint density at radius 1 is 0.304 bits per heavy atom. The Hall–Kier alpha value is -6.12. The molecule has 0 radical (unpaired) electrons. The fourth-order valence-corrected chi connectivity index (χ4v) is 6.87. The van der Waals surface area contributed by atoms with Gasteiger partial charge in [-0.1, -0.05) is 164 Å². The van der Waals surface area contributed by atoms with Crippen LogP contribution in [0.1, 0.15) is 0 Å². The average Bonchev–Trinajstić information content (AvgIpc) is 3.47. The van der Waals surface area contributed by atoms with E-state index in [9.17, 15) is 0 Å². The van der Waals surface area contributed by atoms with E-state index >= 15 is 0 Å². The second-order valence-electron chi connectivity index (χ2n) is 11.8. The van der Waals surface area contributed by atoms with Crippen molar-refractivity contribution in [2.75, 3.05) is 0 Å². The number of hydrogen-bond donors (Lipinski definition) is 0. The van der Waals surface area contributed by atoms with Crippen LogP contribution in [0.5, 0.6) is 0 Å². The summed E-state index contributed by atoms with van der Waals surface area (Å²) in [5.41, 5.74) is 15.9. The molecule has 0 saturated heterocycles. The topological polar surface area (TPSA) is 25.8 Å². The summed E-state index contributed by atoms with van der Waals surface area (Å²) in [6.07, 6.45) is 1.88. The van der Waals surface area contributed by atoms with E-state index in [4.69, 9.17) is 9.97 Å². The van der Waals surface area contributed by atoms with E-state index < -0.39 is 0 Å². The van der Waals surface area contributed by atoms with Gasteiger partial charge in [0.1, 0.15) is 0 Å². The van der Waals surface area contributed by atoms with Crippen molar-refractivity contribution in [3.05, 3.63) is 170 Å². The van der Waals surface area contributed by atoms with Gasteiger partial charge in [0.2, 0.25) is 0 Å². The molecule has 0 aliphatic heterocycles. The fraction of sp³-hybridized carbons (Fsp3) is 0. The molecular weight excluding hydrogens is 556 g/mol. The van der Waals surface area contributed by atoms with E-state index in [0.717, 1.165) is 33.8 Å². The van der Waals surface area contributed by atoms with Crippen LogP contribution in [0.2, 0.25) is 0 Å². The van der Waals surface area contributed by atoms with Crippen LogP contribution >= 0.6 is 0 Å². The van der Waals surface area contributed by atoms with E-state index in [-0.39, 0.29) is 0 Å². The minimum Gasteiger partial charge on any atom is -0.252 e. The van der Waals surface area contributed by atoms with Crippen molar-refractivity contribution in [2.24, 2.45) is 0 Å². The highest BCUT2D eigenvalue weighted by atomic mass is 14.8. The van der Waals surface area contributed by atoms with Gasteiger partial charge in [-0.3, -0.25) is 4.98 Å². The van der Waals surface area contributed by atoms with Crippen molar-refractivity contribution in [3.63, 3.8) is 0 Å². The van der Waals surface area contributed by atoms with Crippen molar-refractivity contribution in [1.29, 1.82) is 0 Å². The van der Waals surface area contributed by atoms with Crippen LogP contribution in [0, 0.1) is 0 Å². The lowest BCUT2D eigenvalue weighted by Crippen LogP contribution is -1.96. The Bertz CT molecular complexity index is 2350. The molecule has 0 saturated carbocycles. The van der Waals surface area contributed by atoms with Gasteiger partial charge in [0.05, 0.1) is 23.3 Å². The van der Waals surface area contributed by atoms with Gasteiger partial charge in [-0.2, -0.15) is 0 Å². The highest BCUT2D eigenvalue weighted by Gasteiger charge is 2.22. The maximum absolute atomic E-state index is 5.09. The lowest BCUT2D eigenvalue weighted by molar-refractivity contribution is 1.21. The van der Waals surface area contributed by atoms with Gasteiger partial charge in [0.25, 0.3) is 0 Å². The summed E-state index contributed by atoms with van der Waals surface area (Å²) >= 11 is 0. The average molecular weight is 585 g/mol. The summed E-state index contributed by atoms with van der Waals surface area (Å²) in [5, 5.41) is 2.66. The SMILES string of the molecule is c1ccc(-c2cnc(-c3ccc(-c4ccc(-c5ccc6c7c(cccc57)-c5ccccc5-6)cc4)cc3)c(-c3ccccc3)n2)cc1. The van der Waals surface area contributed by atoms with Crippen molar-refractivity contribution >= 4 is 10.8 Å². The molecule has 0 spiro atoms. The molecule has 1 aliphatic rings. The fourth-order valence-electron chi connectivity index (χ4n) is 6.87. The molecule has 2 heteroatoms. The zero-order chi connectivity index (χ0) is 30.5. The van der Waals surface area contributed by atoms with Crippen molar-refractivity contribution in [3.8, 4) is 78.3 Å². The predicted octanol–water partition coefficient (Wildman–Crippen LogP) is 11.6. The van der Waals surface area contributed by atoms with Crippen molar-refractivity contribution in [2.45, 2.75) is 0 Å². The Labute approximate surface area is 268 Å². The largest absolute Gasteiger partial charge is 0.252 e. The number of nitrogens with zero attached hydrogens (tertiary/aromatic N) is 2. The number of aromatic nitrogens is 2. The first-order valence-electron chi connectivity index (χ1n) is 15.7. The summed E-state index contributed by atoms with van der Waals surface area (Å²) < 4.78 is 0. The Balaban J connectivity index is 1.05. The van der Waals surface area contributed by atoms with Crippen LogP contribution in [-0.2, 0) is 0 Å². The van der Waals surface area contributed by atoms with Gasteiger partial charge in [-0.25, -0.2) is 4.98 Å². The maximum Gasteiger partial charge on any atom is 0.0972 e. The van der Waals surface area contributed by atoms with Gasteiger partial charge < -0.3 is 0 Å². The van der Waals surface area contributed by atoms with Gasteiger partial charge in [0.15, 0.2) is 0 Å². The lowest BCUT2D eigenvalue weighted by Gasteiger charge is -2.12. The van der Waals surface area contributed by atoms with Crippen LogP contribution in [0.15, 0.2) is 170 Å². The highest BCUT2D eigenvalue weighted by molar-refractivity contribution is 6.18. The maximum atomic E-state index is 5.09. The first-order valence-corrected chi connectivity index (χ1v) is 15.7. The number of rotatable bonds is 5. The summed E-state index contributed by atoms with van der Waals surface area (Å²) in [7, 11) is 0. The van der Waals surface area contributed by atoms with Crippen molar-refractivity contribution < 1.29 is 0 Å². The molecule has 1 heterocycles. The molecule has 9 rings (SSSR count). The van der Waals surface area contributed by atoms with E-state index in [1.165, 1.54) is 55.3 Å². The van der Waals surface area contributed by atoms with E-state index in [2.05, 4.69) is 127 Å². The van der Waals surface area contributed by atoms with Crippen LogP contribution in [0.25, 0.3) is 89.1 Å². The first kappa shape index (κ1) is 26.3. The second kappa shape index (κ2) is 10.8. The quantitative estimate of drug-likeness (QED) is 0.201. The molecule has 0 atom stereocenters. The summed E-state index contributed by atoms with van der Waals surface area (Å²) in [5.74, 6) is 0. The predicted molar refractivity (Wildman–Crippen MR) is 191 cm³/mol. The Kier molecular flexibility index (Phi) is 6.17. The van der Waals surface area contributed by atoms with Crippen LogP contribution in [-0.4, -0.2) is 9.97 Å². The summed E-state index contributed by atoms with van der Waals surface area (Å²) in [4.78, 5) is 10.0. The van der Waals surface area contributed by atoms with E-state index in [0.29, 0.717) is 0 Å². The molecule has 214 valence electrons. The van der Waals surface area contributed by atoms with Crippen LogP contribution < -0.4 is 0 Å². The van der Waals surface area contributed by atoms with Gasteiger partial charge in [0, 0.05) is 16.7 Å². The number of hydrogen-bond acceptors (Lipinski definition) is 2. The number of benzene rings is 7. The minimum absolute atomic E-state index is 0.865. The highest BCUT2D eigenvalue weighted by Crippen LogP contribution is 2.49. The Morgan fingerprint density at radius 2 is 0.804 bits per heavy atom. The first-order chi connectivity index (χ1) is 22.8. The molecular formula is C44H28N2. The molecule has 8 aromatic rings. The second-order valence-corrected chi connectivity index (χ2v) is 11.8. The van der Waals surface area contributed by atoms with Gasteiger partial charge in [-0.05, 0) is 55.3 Å². The molecule has 0 fully saturated rings. The van der Waals surface area contributed by atoms with Crippen LogP contribution in [0.3, 0.4) is 0 Å². The zero-order valence-corrected chi connectivity index (χ0v) is 25.1. The van der Waals surface area contributed by atoms with E-state index in [1.54, 1.807) is 0 Å². The van der Waals surface area contributed by atoms with Gasteiger partial charge >= 0.3 is 0 Å². The molecule has 0 amide bonds. The summed E-state index contributed by atoms with van der Waals surface area (Å²) in [6.45, 7) is 0. The van der Waals surface area contributed by atoms with Crippen molar-refractivity contribution in [1.82, 2.24) is 9.97 Å². The summed E-state index contributed by atoms with van der Waals surface area (Å²) in [6, 6.07) is 58.2. The third-order valence-electron chi connectivity index (χ3n) is 9.12. The molecule has 1 aromatic heterocycles. The molecule has 0 unspecified atom stereocenters.